The molecule has 0 heterocycles. The van der Waals surface area contributed by atoms with E-state index in [0.717, 1.165) is 13.0 Å². The molecule has 0 aromatic heterocycles. The summed E-state index contributed by atoms with van der Waals surface area (Å²) in [6.07, 6.45) is 0.901. The minimum absolute atomic E-state index is 0.102. The molecule has 0 aliphatic rings. The summed E-state index contributed by atoms with van der Waals surface area (Å²) < 4.78 is 5.32. The van der Waals surface area contributed by atoms with Crippen LogP contribution in [0, 0.1) is 13.8 Å². The molecule has 15 heavy (non-hydrogen) atoms. The van der Waals surface area contributed by atoms with Crippen molar-refractivity contribution < 1.29 is 4.74 Å². The van der Waals surface area contributed by atoms with Crippen LogP contribution in [-0.2, 0) is 11.2 Å². The monoisotopic (exact) mass is 207 g/mol. The highest BCUT2D eigenvalue weighted by Gasteiger charge is 2.08. The minimum Gasteiger partial charge on any atom is -0.380 e. The van der Waals surface area contributed by atoms with Gasteiger partial charge in [-0.1, -0.05) is 18.2 Å². The molecule has 1 atom stereocenters. The smallest absolute Gasteiger partial charge is 0.0620 e. The second kappa shape index (κ2) is 5.89. The summed E-state index contributed by atoms with van der Waals surface area (Å²) in [4.78, 5) is 0. The maximum absolute atomic E-state index is 6.00. The maximum atomic E-state index is 6.00. The molecule has 1 aromatic rings. The second-order valence-corrected chi connectivity index (χ2v) is 3.99. The van der Waals surface area contributed by atoms with E-state index in [1.807, 2.05) is 6.92 Å². The van der Waals surface area contributed by atoms with E-state index in [4.69, 9.17) is 10.5 Å². The molecule has 0 amide bonds. The van der Waals surface area contributed by atoms with Crippen LogP contribution < -0.4 is 5.73 Å². The van der Waals surface area contributed by atoms with Gasteiger partial charge in [-0.3, -0.25) is 0 Å². The Bertz CT molecular complexity index is 289. The van der Waals surface area contributed by atoms with Gasteiger partial charge in [0, 0.05) is 12.6 Å². The van der Waals surface area contributed by atoms with Gasteiger partial charge in [-0.15, -0.1) is 0 Å². The zero-order valence-corrected chi connectivity index (χ0v) is 9.92. The molecule has 2 nitrogen and oxygen atoms in total. The summed E-state index contributed by atoms with van der Waals surface area (Å²) in [5.74, 6) is 0. The van der Waals surface area contributed by atoms with Crippen molar-refractivity contribution in [2.75, 3.05) is 13.2 Å². The maximum Gasteiger partial charge on any atom is 0.0620 e. The first-order valence-corrected chi connectivity index (χ1v) is 5.53. The Labute approximate surface area is 92.4 Å². The van der Waals surface area contributed by atoms with Crippen LogP contribution in [0.4, 0.5) is 0 Å². The number of hydrogen-bond acceptors (Lipinski definition) is 2. The van der Waals surface area contributed by atoms with Gasteiger partial charge in [0.2, 0.25) is 0 Å². The number of aryl methyl sites for hydroxylation is 2. The Morgan fingerprint density at radius 1 is 1.27 bits per heavy atom. The molecule has 1 rings (SSSR count). The third-order valence-corrected chi connectivity index (χ3v) is 2.65. The first-order chi connectivity index (χ1) is 7.15. The van der Waals surface area contributed by atoms with Gasteiger partial charge >= 0.3 is 0 Å². The van der Waals surface area contributed by atoms with Gasteiger partial charge < -0.3 is 10.5 Å². The van der Waals surface area contributed by atoms with Crippen molar-refractivity contribution in [1.82, 2.24) is 0 Å². The van der Waals surface area contributed by atoms with Crippen molar-refractivity contribution in [3.8, 4) is 0 Å². The normalized spacial score (nSPS) is 12.8. The van der Waals surface area contributed by atoms with Crippen molar-refractivity contribution >= 4 is 0 Å². The topological polar surface area (TPSA) is 35.2 Å². The summed E-state index contributed by atoms with van der Waals surface area (Å²) in [6, 6.07) is 6.46. The fourth-order valence-corrected chi connectivity index (χ4v) is 1.76. The molecule has 0 spiro atoms. The van der Waals surface area contributed by atoms with Crippen molar-refractivity contribution in [2.45, 2.75) is 33.2 Å². The third kappa shape index (κ3) is 3.65. The van der Waals surface area contributed by atoms with E-state index in [0.29, 0.717) is 6.61 Å². The summed E-state index contributed by atoms with van der Waals surface area (Å²) in [7, 11) is 0. The number of benzene rings is 1. The highest BCUT2D eigenvalue weighted by atomic mass is 16.5. The van der Waals surface area contributed by atoms with Gasteiger partial charge in [0.15, 0.2) is 0 Å². The van der Waals surface area contributed by atoms with Crippen LogP contribution in [-0.4, -0.2) is 19.3 Å². The lowest BCUT2D eigenvalue weighted by Crippen LogP contribution is -2.29. The molecule has 0 fully saturated rings. The summed E-state index contributed by atoms with van der Waals surface area (Å²) >= 11 is 0. The van der Waals surface area contributed by atoms with E-state index in [1.54, 1.807) is 0 Å². The SMILES string of the molecule is CCOCC(N)Cc1c(C)cccc1C. The van der Waals surface area contributed by atoms with Crippen molar-refractivity contribution in [3.05, 3.63) is 34.9 Å². The third-order valence-electron chi connectivity index (χ3n) is 2.65. The molecule has 0 radical (unpaired) electrons. The Kier molecular flexibility index (Phi) is 4.79. The first kappa shape index (κ1) is 12.2. The average molecular weight is 207 g/mol. The van der Waals surface area contributed by atoms with E-state index in [-0.39, 0.29) is 6.04 Å². The predicted molar refractivity (Wildman–Crippen MR) is 64.1 cm³/mol. The summed E-state index contributed by atoms with van der Waals surface area (Å²) in [6.45, 7) is 7.64. The van der Waals surface area contributed by atoms with E-state index in [2.05, 4.69) is 32.0 Å². The van der Waals surface area contributed by atoms with Crippen LogP contribution in [0.25, 0.3) is 0 Å². The van der Waals surface area contributed by atoms with E-state index in [1.165, 1.54) is 16.7 Å². The molecule has 2 N–H and O–H groups in total. The highest BCUT2D eigenvalue weighted by Crippen LogP contribution is 2.14. The molecule has 0 saturated heterocycles. The van der Waals surface area contributed by atoms with Crippen molar-refractivity contribution in [2.24, 2.45) is 5.73 Å². The molecule has 84 valence electrons. The highest BCUT2D eigenvalue weighted by molar-refractivity contribution is 5.34. The molecule has 0 saturated carbocycles. The Balaban J connectivity index is 2.63. The molecular formula is C13H21NO. The second-order valence-electron chi connectivity index (χ2n) is 3.99. The fourth-order valence-electron chi connectivity index (χ4n) is 1.76. The van der Waals surface area contributed by atoms with Gasteiger partial charge in [-0.05, 0) is 43.9 Å². The van der Waals surface area contributed by atoms with Crippen LogP contribution >= 0.6 is 0 Å². The van der Waals surface area contributed by atoms with Crippen LogP contribution in [0.2, 0.25) is 0 Å². The summed E-state index contributed by atoms with van der Waals surface area (Å²) in [5.41, 5.74) is 10.0. The Morgan fingerprint density at radius 2 is 1.87 bits per heavy atom. The van der Waals surface area contributed by atoms with Crippen LogP contribution in [0.5, 0.6) is 0 Å². The van der Waals surface area contributed by atoms with E-state index >= 15 is 0 Å². The largest absolute Gasteiger partial charge is 0.380 e. The number of rotatable bonds is 5. The average Bonchev–Trinajstić information content (AvgIpc) is 2.21. The van der Waals surface area contributed by atoms with Crippen LogP contribution in [0.1, 0.15) is 23.6 Å². The Morgan fingerprint density at radius 3 is 2.40 bits per heavy atom. The van der Waals surface area contributed by atoms with Crippen LogP contribution in [0.3, 0.4) is 0 Å². The summed E-state index contributed by atoms with van der Waals surface area (Å²) in [5, 5.41) is 0. The van der Waals surface area contributed by atoms with Gasteiger partial charge in [-0.2, -0.15) is 0 Å². The molecule has 0 bridgehead atoms. The van der Waals surface area contributed by atoms with Crippen molar-refractivity contribution in [3.63, 3.8) is 0 Å². The zero-order valence-electron chi connectivity index (χ0n) is 9.92. The van der Waals surface area contributed by atoms with E-state index < -0.39 is 0 Å². The molecule has 1 unspecified atom stereocenters. The van der Waals surface area contributed by atoms with E-state index in [9.17, 15) is 0 Å². The standard InChI is InChI=1S/C13H21NO/c1-4-15-9-12(14)8-13-10(2)6-5-7-11(13)3/h5-7,12H,4,8-9,14H2,1-3H3. The lowest BCUT2D eigenvalue weighted by molar-refractivity contribution is 0.133. The van der Waals surface area contributed by atoms with Gasteiger partial charge in [0.25, 0.3) is 0 Å². The number of ether oxygens (including phenoxy) is 1. The van der Waals surface area contributed by atoms with Gasteiger partial charge in [0.05, 0.1) is 6.61 Å². The quantitative estimate of drug-likeness (QED) is 0.803. The lowest BCUT2D eigenvalue weighted by Gasteiger charge is -2.15. The minimum atomic E-state index is 0.102. The molecule has 1 aromatic carbocycles. The Hall–Kier alpha value is -0.860. The number of nitrogens with two attached hydrogens (primary N) is 1. The lowest BCUT2D eigenvalue weighted by atomic mass is 9.97. The zero-order chi connectivity index (χ0) is 11.3. The molecular weight excluding hydrogens is 186 g/mol. The van der Waals surface area contributed by atoms with Gasteiger partial charge in [-0.25, -0.2) is 0 Å². The van der Waals surface area contributed by atoms with Crippen molar-refractivity contribution in [1.29, 1.82) is 0 Å². The van der Waals surface area contributed by atoms with Gasteiger partial charge in [0.1, 0.15) is 0 Å². The number of hydrogen-bond donors (Lipinski definition) is 1. The predicted octanol–water partition coefficient (Wildman–Crippen LogP) is 2.21. The fraction of sp³-hybridized carbons (Fsp3) is 0.538. The first-order valence-electron chi connectivity index (χ1n) is 5.53. The molecule has 2 heteroatoms. The molecule has 0 aliphatic heterocycles. The molecule has 0 aliphatic carbocycles. The van der Waals surface area contributed by atoms with Crippen LogP contribution in [0.15, 0.2) is 18.2 Å².